The highest BCUT2D eigenvalue weighted by molar-refractivity contribution is 5.93. The zero-order chi connectivity index (χ0) is 19.4. The molecule has 4 heteroatoms. The molecule has 149 valence electrons. The van der Waals surface area contributed by atoms with Crippen LogP contribution < -0.4 is 0 Å². The number of hydroxylamine groups is 2. The predicted molar refractivity (Wildman–Crippen MR) is 104 cm³/mol. The van der Waals surface area contributed by atoms with Crippen LogP contribution in [0.4, 0.5) is 0 Å². The smallest absolute Gasteiger partial charge is 0.322 e. The molecule has 2 rings (SSSR count). The second-order valence-corrected chi connectivity index (χ2v) is 8.59. The predicted octanol–water partition coefficient (Wildman–Crippen LogP) is 5.60. The third-order valence-electron chi connectivity index (χ3n) is 6.32. The molecule has 1 aliphatic heterocycles. The molecule has 0 N–H and O–H groups in total. The minimum absolute atomic E-state index is 0.167. The highest BCUT2D eigenvalue weighted by Gasteiger charge is 2.67. The molecular formula is C22H38NO3. The van der Waals surface area contributed by atoms with Crippen molar-refractivity contribution in [2.45, 2.75) is 110 Å². The third-order valence-corrected chi connectivity index (χ3v) is 6.32. The Kier molecular flexibility index (Phi) is 7.32. The maximum absolute atomic E-state index is 13.1. The Bertz CT molecular complexity index is 525. The second kappa shape index (κ2) is 8.88. The van der Waals surface area contributed by atoms with Crippen molar-refractivity contribution in [3.05, 3.63) is 11.1 Å². The van der Waals surface area contributed by atoms with Crippen LogP contribution in [0.5, 0.6) is 0 Å². The van der Waals surface area contributed by atoms with Gasteiger partial charge in [-0.1, -0.05) is 39.5 Å². The average Bonchev–Trinajstić information content (AvgIpc) is 3.15. The second-order valence-electron chi connectivity index (χ2n) is 8.59. The molecule has 1 fully saturated rings. The van der Waals surface area contributed by atoms with Gasteiger partial charge < -0.3 is 4.74 Å². The van der Waals surface area contributed by atoms with Crippen LogP contribution >= 0.6 is 0 Å². The third kappa shape index (κ3) is 3.87. The van der Waals surface area contributed by atoms with E-state index < -0.39 is 11.0 Å². The number of carbonyl (C=O) groups excluding carboxylic acids is 1. The molecule has 1 saturated heterocycles. The first kappa shape index (κ1) is 21.4. The number of esters is 1. The summed E-state index contributed by atoms with van der Waals surface area (Å²) in [5.41, 5.74) is 1.37. The Hall–Kier alpha value is -0.870. The van der Waals surface area contributed by atoms with E-state index in [1.165, 1.54) is 35.5 Å². The molecule has 0 amide bonds. The van der Waals surface area contributed by atoms with Gasteiger partial charge in [0.05, 0.1) is 12.6 Å². The zero-order valence-electron chi connectivity index (χ0n) is 17.5. The number of hydrogen-bond acceptors (Lipinski definition) is 3. The molecule has 1 aliphatic carbocycles. The Labute approximate surface area is 159 Å². The molecule has 2 atom stereocenters. The summed E-state index contributed by atoms with van der Waals surface area (Å²) in [4.78, 5) is 13.1. The monoisotopic (exact) mass is 364 g/mol. The largest absolute Gasteiger partial charge is 0.465 e. The molecule has 0 bridgehead atoms. The van der Waals surface area contributed by atoms with Crippen LogP contribution in [0.3, 0.4) is 0 Å². The van der Waals surface area contributed by atoms with Crippen molar-refractivity contribution in [2.75, 3.05) is 6.61 Å². The highest BCUT2D eigenvalue weighted by Crippen LogP contribution is 2.64. The maximum atomic E-state index is 13.1. The van der Waals surface area contributed by atoms with Crippen molar-refractivity contribution < 1.29 is 14.7 Å². The van der Waals surface area contributed by atoms with E-state index >= 15 is 0 Å². The van der Waals surface area contributed by atoms with Gasteiger partial charge in [0.15, 0.2) is 0 Å². The lowest BCUT2D eigenvalue weighted by Crippen LogP contribution is -2.48. The fourth-order valence-corrected chi connectivity index (χ4v) is 4.75. The van der Waals surface area contributed by atoms with Crippen LogP contribution in [0.2, 0.25) is 0 Å². The molecule has 0 spiro atoms. The van der Waals surface area contributed by atoms with Crippen molar-refractivity contribution in [1.82, 2.24) is 5.06 Å². The van der Waals surface area contributed by atoms with Gasteiger partial charge in [0.25, 0.3) is 0 Å². The lowest BCUT2D eigenvalue weighted by atomic mass is 9.84. The van der Waals surface area contributed by atoms with Gasteiger partial charge in [-0.15, -0.1) is 10.3 Å². The summed E-state index contributed by atoms with van der Waals surface area (Å²) in [5.74, 6) is -0.167. The van der Waals surface area contributed by atoms with Crippen LogP contribution in [0.1, 0.15) is 98.8 Å². The number of carbonyl (C=O) groups is 1. The first-order chi connectivity index (χ1) is 12.4. The summed E-state index contributed by atoms with van der Waals surface area (Å²) in [6.07, 6.45) is 10.4. The quantitative estimate of drug-likeness (QED) is 0.272. The molecule has 1 radical (unpaired) electrons. The Balaban J connectivity index is 2.26. The van der Waals surface area contributed by atoms with Gasteiger partial charge in [-0.05, 0) is 70.4 Å². The van der Waals surface area contributed by atoms with Gasteiger partial charge in [-0.25, -0.2) is 0 Å². The summed E-state index contributed by atoms with van der Waals surface area (Å²) < 4.78 is 5.52. The average molecular weight is 365 g/mol. The maximum Gasteiger partial charge on any atom is 0.322 e. The lowest BCUT2D eigenvalue weighted by molar-refractivity contribution is -0.233. The van der Waals surface area contributed by atoms with Crippen LogP contribution in [0.15, 0.2) is 11.1 Å². The van der Waals surface area contributed by atoms with E-state index in [0.717, 1.165) is 44.9 Å². The van der Waals surface area contributed by atoms with Gasteiger partial charge >= 0.3 is 5.97 Å². The van der Waals surface area contributed by atoms with Crippen LogP contribution in [-0.4, -0.2) is 29.2 Å². The number of unbranched alkanes of at least 4 members (excludes halogenated alkanes) is 4. The van der Waals surface area contributed by atoms with Gasteiger partial charge in [0.2, 0.25) is 0 Å². The van der Waals surface area contributed by atoms with Crippen molar-refractivity contribution in [2.24, 2.45) is 5.41 Å². The molecular weight excluding hydrogens is 326 g/mol. The molecule has 1 heterocycles. The van der Waals surface area contributed by atoms with E-state index in [1.54, 1.807) is 0 Å². The van der Waals surface area contributed by atoms with E-state index in [2.05, 4.69) is 13.8 Å². The van der Waals surface area contributed by atoms with Gasteiger partial charge in [0.1, 0.15) is 5.41 Å². The van der Waals surface area contributed by atoms with Crippen LogP contribution in [0.25, 0.3) is 0 Å². The minimum Gasteiger partial charge on any atom is -0.465 e. The Morgan fingerprint density at radius 2 is 1.65 bits per heavy atom. The number of nitrogens with zero attached hydrogens (tertiary/aromatic N) is 1. The number of hydrogen-bond donors (Lipinski definition) is 0. The number of rotatable bonds is 11. The fraction of sp³-hybridized carbons (Fsp3) is 0.864. The first-order valence-corrected chi connectivity index (χ1v) is 10.7. The Morgan fingerprint density at radius 1 is 1.04 bits per heavy atom. The SMILES string of the molecule is CCCCCCC1=C(CCCC)C1(C(=O)OCC)C1CCC(C)(C)N1[O]. The van der Waals surface area contributed by atoms with E-state index in [9.17, 15) is 10.0 Å². The zero-order valence-corrected chi connectivity index (χ0v) is 17.5. The van der Waals surface area contributed by atoms with Crippen LogP contribution in [0, 0.1) is 5.41 Å². The van der Waals surface area contributed by atoms with Crippen molar-refractivity contribution >= 4 is 5.97 Å². The van der Waals surface area contributed by atoms with Gasteiger partial charge in [-0.2, -0.15) is 0 Å². The van der Waals surface area contributed by atoms with E-state index in [1.807, 2.05) is 20.8 Å². The normalized spacial score (nSPS) is 27.8. The van der Waals surface area contributed by atoms with Crippen molar-refractivity contribution in [1.29, 1.82) is 0 Å². The molecule has 26 heavy (non-hydrogen) atoms. The summed E-state index contributed by atoms with van der Waals surface area (Å²) in [7, 11) is 0. The molecule has 0 aromatic carbocycles. The lowest BCUT2D eigenvalue weighted by Gasteiger charge is -2.33. The fourth-order valence-electron chi connectivity index (χ4n) is 4.75. The molecule has 4 nitrogen and oxygen atoms in total. The summed E-state index contributed by atoms with van der Waals surface area (Å²) >= 11 is 0. The summed E-state index contributed by atoms with van der Waals surface area (Å²) in [6.45, 7) is 10.6. The molecule has 2 unspecified atom stereocenters. The summed E-state index contributed by atoms with van der Waals surface area (Å²) in [5, 5.41) is 14.3. The van der Waals surface area contributed by atoms with Gasteiger partial charge in [-0.3, -0.25) is 4.79 Å². The Morgan fingerprint density at radius 3 is 2.15 bits per heavy atom. The summed E-state index contributed by atoms with van der Waals surface area (Å²) in [6, 6.07) is -0.274. The minimum atomic E-state index is -0.715. The van der Waals surface area contributed by atoms with Crippen molar-refractivity contribution in [3.8, 4) is 0 Å². The van der Waals surface area contributed by atoms with E-state index in [0.29, 0.717) is 6.61 Å². The topological polar surface area (TPSA) is 49.4 Å². The standard InChI is InChI=1S/C22H38NO3/c1-6-9-11-12-14-18-17(13-10-7-2)22(18,20(24)26-8-3)19-15-16-21(4,5)23(19)25/h19H,6-16H2,1-5H3. The highest BCUT2D eigenvalue weighted by atomic mass is 16.5. The van der Waals surface area contributed by atoms with E-state index in [-0.39, 0.29) is 12.0 Å². The molecule has 0 aromatic heterocycles. The molecule has 0 aromatic rings. The van der Waals surface area contributed by atoms with Gasteiger partial charge in [0, 0.05) is 5.54 Å². The number of ether oxygens (including phenoxy) is 1. The van der Waals surface area contributed by atoms with Crippen LogP contribution in [-0.2, 0) is 14.7 Å². The molecule has 0 saturated carbocycles. The van der Waals surface area contributed by atoms with Crippen molar-refractivity contribution in [3.63, 3.8) is 0 Å². The van der Waals surface area contributed by atoms with E-state index in [4.69, 9.17) is 4.74 Å². The molecule has 2 aliphatic rings. The first-order valence-electron chi connectivity index (χ1n) is 10.7.